The normalized spacial score (nSPS) is 9.35. The Bertz CT molecular complexity index is 1460. The minimum absolute atomic E-state index is 0. The van der Waals surface area contributed by atoms with E-state index in [0.717, 1.165) is 33.1 Å². The van der Waals surface area contributed by atoms with Gasteiger partial charge in [-0.15, -0.1) is 0 Å². The van der Waals surface area contributed by atoms with Crippen LogP contribution in [0.25, 0.3) is 21.8 Å². The average molecular weight is 594 g/mol. The molecule has 1 radical (unpaired) electrons. The number of ether oxygens (including phenoxy) is 1. The van der Waals surface area contributed by atoms with Crippen molar-refractivity contribution in [1.82, 2.24) is 20.4 Å². The first-order valence-corrected chi connectivity index (χ1v) is 11.2. The van der Waals surface area contributed by atoms with Gasteiger partial charge in [-0.25, -0.2) is 5.43 Å². The second-order valence-corrected chi connectivity index (χ2v) is 7.48. The van der Waals surface area contributed by atoms with Gasteiger partial charge in [0.25, 0.3) is 5.91 Å². The van der Waals surface area contributed by atoms with Gasteiger partial charge in [0.1, 0.15) is 5.75 Å². The SMILES string of the molecule is CC(=O)[OH2+].COc1cccc(C=NNC(=O)c2ccncc2)c1.[Cu+2].[OH-].[OH-].c1cnc2c(c1)ccc1cccnc12. The second kappa shape index (κ2) is 18.5. The van der Waals surface area contributed by atoms with E-state index in [1.54, 1.807) is 50.2 Å². The summed E-state index contributed by atoms with van der Waals surface area (Å²) in [4.78, 5) is 33.3. The van der Waals surface area contributed by atoms with Crippen LogP contribution in [0.5, 0.6) is 5.75 Å². The van der Waals surface area contributed by atoms with E-state index < -0.39 is 5.97 Å². The maximum Gasteiger partial charge on any atom is 2.00 e. The van der Waals surface area contributed by atoms with Gasteiger partial charge in [0.05, 0.1) is 31.3 Å². The summed E-state index contributed by atoms with van der Waals surface area (Å²) in [6.45, 7) is 1.19. The van der Waals surface area contributed by atoms with E-state index in [2.05, 4.69) is 49.7 Å². The van der Waals surface area contributed by atoms with E-state index in [1.807, 2.05) is 36.4 Å². The maximum absolute atomic E-state index is 11.7. The van der Waals surface area contributed by atoms with Crippen LogP contribution in [-0.2, 0) is 21.9 Å². The van der Waals surface area contributed by atoms with Crippen LogP contribution in [-0.4, -0.2) is 56.2 Å². The van der Waals surface area contributed by atoms with Crippen LogP contribution < -0.4 is 10.2 Å². The fraction of sp³-hybridized carbons (Fsp3) is 0.0714. The predicted molar refractivity (Wildman–Crippen MR) is 148 cm³/mol. The molecule has 11 nitrogen and oxygen atoms in total. The zero-order chi connectivity index (χ0) is 26.5. The van der Waals surface area contributed by atoms with Crippen molar-refractivity contribution in [3.63, 3.8) is 0 Å². The molecule has 0 saturated heterocycles. The Balaban J connectivity index is 0.000000644. The number of aromatic nitrogens is 3. The number of pyridine rings is 3. The number of nitrogens with one attached hydrogen (secondary N) is 1. The molecule has 0 saturated carbocycles. The minimum atomic E-state index is -0.583. The van der Waals surface area contributed by atoms with Gasteiger partial charge in [-0.05, 0) is 42.0 Å². The fourth-order valence-electron chi connectivity index (χ4n) is 3.13. The first-order valence-electron chi connectivity index (χ1n) is 11.2. The van der Waals surface area contributed by atoms with Crippen LogP contribution in [0.1, 0.15) is 22.8 Å². The van der Waals surface area contributed by atoms with Crippen LogP contribution >= 0.6 is 0 Å². The van der Waals surface area contributed by atoms with Gasteiger partial charge >= 0.3 is 23.0 Å². The number of amides is 1. The summed E-state index contributed by atoms with van der Waals surface area (Å²) in [5.74, 6) is -0.119. The van der Waals surface area contributed by atoms with E-state index in [9.17, 15) is 4.79 Å². The molecule has 5 rings (SSSR count). The number of benzene rings is 2. The quantitative estimate of drug-likeness (QED) is 0.107. The molecule has 0 unspecified atom stereocenters. The van der Waals surface area contributed by atoms with E-state index in [1.165, 1.54) is 6.92 Å². The monoisotopic (exact) mass is 593 g/mol. The van der Waals surface area contributed by atoms with Gasteiger partial charge in [-0.1, -0.05) is 36.4 Å². The zero-order valence-electron chi connectivity index (χ0n) is 21.5. The molecule has 5 N–H and O–H groups in total. The molecule has 40 heavy (non-hydrogen) atoms. The predicted octanol–water partition coefficient (Wildman–Crippen LogP) is 3.54. The van der Waals surface area contributed by atoms with Crippen molar-refractivity contribution in [1.29, 1.82) is 0 Å². The number of carbonyl (C=O) groups excluding carboxylic acids is 2. The molecule has 5 aromatic rings. The van der Waals surface area contributed by atoms with E-state index in [0.29, 0.717) is 5.56 Å². The number of nitrogens with zero attached hydrogens (tertiary/aromatic N) is 4. The molecule has 0 aliphatic carbocycles. The van der Waals surface area contributed by atoms with Crippen molar-refractivity contribution in [3.8, 4) is 5.75 Å². The van der Waals surface area contributed by atoms with Crippen LogP contribution in [0.2, 0.25) is 0 Å². The number of hydrogen-bond acceptors (Lipinski definition) is 9. The Hall–Kier alpha value is -4.74. The van der Waals surface area contributed by atoms with Crippen molar-refractivity contribution in [2.45, 2.75) is 6.92 Å². The molecule has 12 heteroatoms. The van der Waals surface area contributed by atoms with Crippen molar-refractivity contribution in [2.75, 3.05) is 7.11 Å². The smallest absolute Gasteiger partial charge is 0.870 e. The first-order chi connectivity index (χ1) is 18.0. The van der Waals surface area contributed by atoms with Gasteiger partial charge in [0, 0.05) is 45.9 Å². The molecule has 3 aromatic heterocycles. The van der Waals surface area contributed by atoms with Gasteiger partial charge in [-0.3, -0.25) is 19.7 Å². The van der Waals surface area contributed by atoms with Crippen LogP contribution in [0.15, 0.2) is 103 Å². The topological polar surface area (TPSA) is 189 Å². The minimum Gasteiger partial charge on any atom is -0.870 e. The summed E-state index contributed by atoms with van der Waals surface area (Å²) in [5, 5.41) is 12.1. The Morgan fingerprint density at radius 1 is 0.850 bits per heavy atom. The third-order valence-electron chi connectivity index (χ3n) is 4.76. The zero-order valence-corrected chi connectivity index (χ0v) is 22.5. The van der Waals surface area contributed by atoms with E-state index in [-0.39, 0.29) is 33.9 Å². The molecular weight excluding hydrogens is 566 g/mol. The number of hydrogen-bond donors (Lipinski definition) is 1. The molecule has 211 valence electrons. The number of fused-ring (bicyclic) bond motifs is 3. The molecule has 0 aliphatic rings. The molecule has 0 atom stereocenters. The van der Waals surface area contributed by atoms with Crippen LogP contribution in [0.3, 0.4) is 0 Å². The molecule has 0 aliphatic heterocycles. The van der Waals surface area contributed by atoms with E-state index in [4.69, 9.17) is 14.6 Å². The molecule has 2 aromatic carbocycles. The standard InChI is InChI=1S/C14H13N3O2.C12H8N2.C2H4O2.Cu.2H2O/c1-19-13-4-2-3-11(9-13)10-16-17-14(18)12-5-7-15-8-6-12;1-3-9-5-6-10-4-2-8-14-12(10)11(9)13-7-1;1-2(3)4;;;/h2-10H,1H3,(H,17,18);1-8H;1H3,(H,3,4);;2*1H2/q;;;+2;;/p-1. The number of hydrazone groups is 1. The van der Waals surface area contributed by atoms with Crippen molar-refractivity contribution in [3.05, 3.63) is 109 Å². The largest absolute Gasteiger partial charge is 2.00 e. The molecular formula is C28H28CuN5O6+. The molecule has 0 bridgehead atoms. The summed E-state index contributed by atoms with van der Waals surface area (Å²) in [7, 11) is 1.60. The summed E-state index contributed by atoms with van der Waals surface area (Å²) in [6.07, 6.45) is 8.27. The molecule has 0 spiro atoms. The molecule has 1 amide bonds. The third-order valence-corrected chi connectivity index (χ3v) is 4.76. The van der Waals surface area contributed by atoms with Gasteiger partial charge in [-0.2, -0.15) is 5.10 Å². The summed E-state index contributed by atoms with van der Waals surface area (Å²) >= 11 is 0. The number of carbonyl (C=O) groups is 2. The molecule has 0 fully saturated rings. The number of methoxy groups -OCH3 is 1. The van der Waals surface area contributed by atoms with Gasteiger partial charge in [0.2, 0.25) is 0 Å². The van der Waals surface area contributed by atoms with Gasteiger partial charge < -0.3 is 20.8 Å². The number of rotatable bonds is 4. The van der Waals surface area contributed by atoms with Gasteiger partial charge in [0.15, 0.2) is 0 Å². The average Bonchev–Trinajstić information content (AvgIpc) is 2.93. The fourth-order valence-corrected chi connectivity index (χ4v) is 3.13. The Morgan fingerprint density at radius 3 is 1.93 bits per heavy atom. The van der Waals surface area contributed by atoms with Crippen molar-refractivity contribution < 1.29 is 47.5 Å². The maximum atomic E-state index is 11.7. The van der Waals surface area contributed by atoms with Crippen LogP contribution in [0.4, 0.5) is 0 Å². The Morgan fingerprint density at radius 2 is 1.40 bits per heavy atom. The summed E-state index contributed by atoms with van der Waals surface area (Å²) in [6, 6.07) is 22.8. The van der Waals surface area contributed by atoms with E-state index >= 15 is 0 Å². The van der Waals surface area contributed by atoms with Crippen molar-refractivity contribution >= 4 is 39.9 Å². The Labute approximate surface area is 241 Å². The first kappa shape index (κ1) is 35.3. The Kier molecular flexibility index (Phi) is 16.3. The van der Waals surface area contributed by atoms with Crippen LogP contribution in [0, 0.1) is 0 Å². The van der Waals surface area contributed by atoms with Crippen molar-refractivity contribution in [2.24, 2.45) is 5.10 Å². The second-order valence-electron chi connectivity index (χ2n) is 7.48. The summed E-state index contributed by atoms with van der Waals surface area (Å²) in [5.41, 5.74) is 5.76. The molecule has 3 heterocycles. The summed E-state index contributed by atoms with van der Waals surface area (Å²) < 4.78 is 5.10. The third kappa shape index (κ3) is 10.9.